The highest BCUT2D eigenvalue weighted by atomic mass is 79.9. The third-order valence-electron chi connectivity index (χ3n) is 3.48. The van der Waals surface area contributed by atoms with Crippen LogP contribution in [0.5, 0.6) is 0 Å². The molecule has 2 aromatic rings. The summed E-state index contributed by atoms with van der Waals surface area (Å²) in [5.74, 6) is 0. The number of rotatable bonds is 3. The van der Waals surface area contributed by atoms with Crippen molar-refractivity contribution < 1.29 is 13.2 Å². The summed E-state index contributed by atoms with van der Waals surface area (Å²) in [6.07, 6.45) is -3.35. The number of aryl methyl sites for hydroxylation is 3. The van der Waals surface area contributed by atoms with Gasteiger partial charge in [0.1, 0.15) is 0 Å². The van der Waals surface area contributed by atoms with Crippen molar-refractivity contribution in [2.75, 3.05) is 5.33 Å². The van der Waals surface area contributed by atoms with E-state index in [2.05, 4.69) is 28.1 Å². The average Bonchev–Trinajstić information content (AvgIpc) is 2.38. The molecule has 112 valence electrons. The van der Waals surface area contributed by atoms with Crippen LogP contribution >= 0.6 is 15.9 Å². The first-order valence-corrected chi connectivity index (χ1v) is 7.79. The molecule has 2 rings (SSSR count). The van der Waals surface area contributed by atoms with Crippen LogP contribution in [0.1, 0.15) is 22.3 Å². The van der Waals surface area contributed by atoms with Crippen LogP contribution in [0.4, 0.5) is 13.2 Å². The molecule has 0 radical (unpaired) electrons. The Morgan fingerprint density at radius 3 is 1.90 bits per heavy atom. The zero-order chi connectivity index (χ0) is 15.6. The van der Waals surface area contributed by atoms with Crippen molar-refractivity contribution >= 4 is 15.9 Å². The molecule has 0 amide bonds. The number of halogens is 4. The molecule has 0 nitrogen and oxygen atoms in total. The first-order chi connectivity index (χ1) is 9.82. The van der Waals surface area contributed by atoms with Crippen LogP contribution in [0, 0.1) is 13.8 Å². The Balaban J connectivity index is 2.42. The van der Waals surface area contributed by atoms with Crippen LogP contribution in [0.25, 0.3) is 11.1 Å². The smallest absolute Gasteiger partial charge is 0.166 e. The maximum Gasteiger partial charge on any atom is 0.416 e. The van der Waals surface area contributed by atoms with E-state index in [4.69, 9.17) is 0 Å². The average molecular weight is 357 g/mol. The van der Waals surface area contributed by atoms with Gasteiger partial charge in [-0.2, -0.15) is 13.2 Å². The standard InChI is InChI=1S/C17H16BrF3/c1-11-9-13(7-8-18)10-12(2)16(11)14-3-5-15(6-4-14)17(19,20)21/h3-6,9-10H,7-8H2,1-2H3. The van der Waals surface area contributed by atoms with Crippen molar-refractivity contribution in [3.05, 3.63) is 58.7 Å². The minimum atomic E-state index is -4.29. The van der Waals surface area contributed by atoms with Crippen molar-refractivity contribution in [2.45, 2.75) is 26.4 Å². The second-order valence-corrected chi connectivity index (χ2v) is 5.91. The lowest BCUT2D eigenvalue weighted by Gasteiger charge is -2.14. The first-order valence-electron chi connectivity index (χ1n) is 6.66. The van der Waals surface area contributed by atoms with E-state index in [-0.39, 0.29) is 0 Å². The summed E-state index contributed by atoms with van der Waals surface area (Å²) >= 11 is 3.42. The van der Waals surface area contributed by atoms with Gasteiger partial charge in [-0.25, -0.2) is 0 Å². The molecular weight excluding hydrogens is 341 g/mol. The Bertz CT molecular complexity index is 604. The largest absolute Gasteiger partial charge is 0.416 e. The van der Waals surface area contributed by atoms with Gasteiger partial charge in [0.2, 0.25) is 0 Å². The van der Waals surface area contributed by atoms with Gasteiger partial charge in [-0.1, -0.05) is 40.2 Å². The normalized spacial score (nSPS) is 11.7. The summed E-state index contributed by atoms with van der Waals surface area (Å²) < 4.78 is 37.8. The molecule has 0 saturated heterocycles. The van der Waals surface area contributed by atoms with Crippen LogP contribution in [-0.4, -0.2) is 5.33 Å². The number of benzene rings is 2. The third-order valence-corrected chi connectivity index (χ3v) is 3.87. The van der Waals surface area contributed by atoms with Crippen LogP contribution in [0.2, 0.25) is 0 Å². The molecular formula is C17H16BrF3. The molecule has 0 saturated carbocycles. The van der Waals surface area contributed by atoms with Gasteiger partial charge in [0.25, 0.3) is 0 Å². The topological polar surface area (TPSA) is 0 Å². The fraction of sp³-hybridized carbons (Fsp3) is 0.294. The summed E-state index contributed by atoms with van der Waals surface area (Å²) in [7, 11) is 0. The monoisotopic (exact) mass is 356 g/mol. The van der Waals surface area contributed by atoms with Crippen molar-refractivity contribution in [1.29, 1.82) is 0 Å². The van der Waals surface area contributed by atoms with Gasteiger partial charge in [0.15, 0.2) is 0 Å². The molecule has 0 unspecified atom stereocenters. The van der Waals surface area contributed by atoms with Gasteiger partial charge in [-0.15, -0.1) is 0 Å². The molecule has 0 aliphatic heterocycles. The molecule has 0 fully saturated rings. The molecule has 0 heterocycles. The third kappa shape index (κ3) is 3.67. The molecule has 0 bridgehead atoms. The fourth-order valence-corrected chi connectivity index (χ4v) is 3.05. The maximum atomic E-state index is 12.6. The lowest BCUT2D eigenvalue weighted by Crippen LogP contribution is -2.04. The maximum absolute atomic E-state index is 12.6. The molecule has 2 aromatic carbocycles. The molecule has 0 spiro atoms. The predicted molar refractivity (Wildman–Crippen MR) is 83.9 cm³/mol. The van der Waals surface area contributed by atoms with Gasteiger partial charge in [0.05, 0.1) is 5.56 Å². The zero-order valence-electron chi connectivity index (χ0n) is 11.9. The van der Waals surface area contributed by atoms with Gasteiger partial charge >= 0.3 is 6.18 Å². The molecule has 0 atom stereocenters. The molecule has 0 N–H and O–H groups in total. The SMILES string of the molecule is Cc1cc(CCBr)cc(C)c1-c1ccc(C(F)(F)F)cc1. The van der Waals surface area contributed by atoms with Gasteiger partial charge in [-0.3, -0.25) is 0 Å². The Hall–Kier alpha value is -1.29. The molecule has 0 aliphatic carbocycles. The lowest BCUT2D eigenvalue weighted by atomic mass is 9.92. The van der Waals surface area contributed by atoms with E-state index in [1.807, 2.05) is 13.8 Å². The fourth-order valence-electron chi connectivity index (χ4n) is 2.59. The number of alkyl halides is 4. The molecule has 0 aromatic heterocycles. The van der Waals surface area contributed by atoms with E-state index in [9.17, 15) is 13.2 Å². The summed E-state index contributed by atoms with van der Waals surface area (Å²) in [6.45, 7) is 4.00. The summed E-state index contributed by atoms with van der Waals surface area (Å²) in [4.78, 5) is 0. The number of hydrogen-bond acceptors (Lipinski definition) is 0. The van der Waals surface area contributed by atoms with Crippen molar-refractivity contribution in [1.82, 2.24) is 0 Å². The summed E-state index contributed by atoms with van der Waals surface area (Å²) in [6, 6.07) is 9.56. The first kappa shape index (κ1) is 16.1. The van der Waals surface area contributed by atoms with E-state index in [1.54, 1.807) is 12.1 Å². The Morgan fingerprint density at radius 2 is 1.48 bits per heavy atom. The van der Waals surface area contributed by atoms with Crippen LogP contribution in [0.3, 0.4) is 0 Å². The second kappa shape index (κ2) is 6.22. The minimum Gasteiger partial charge on any atom is -0.166 e. The zero-order valence-corrected chi connectivity index (χ0v) is 13.5. The van der Waals surface area contributed by atoms with E-state index >= 15 is 0 Å². The van der Waals surface area contributed by atoms with Crippen molar-refractivity contribution in [3.8, 4) is 11.1 Å². The highest BCUT2D eigenvalue weighted by Gasteiger charge is 2.30. The van der Waals surface area contributed by atoms with Crippen LogP contribution < -0.4 is 0 Å². The van der Waals surface area contributed by atoms with E-state index in [1.165, 1.54) is 5.56 Å². The quantitative estimate of drug-likeness (QED) is 0.598. The lowest BCUT2D eigenvalue weighted by molar-refractivity contribution is -0.137. The Morgan fingerprint density at radius 1 is 0.952 bits per heavy atom. The molecule has 4 heteroatoms. The molecule has 21 heavy (non-hydrogen) atoms. The Labute approximate surface area is 131 Å². The highest BCUT2D eigenvalue weighted by Crippen LogP contribution is 2.33. The minimum absolute atomic E-state index is 0.613. The van der Waals surface area contributed by atoms with Gasteiger partial charge in [0, 0.05) is 5.33 Å². The van der Waals surface area contributed by atoms with E-state index in [0.29, 0.717) is 0 Å². The van der Waals surface area contributed by atoms with Crippen molar-refractivity contribution in [3.63, 3.8) is 0 Å². The van der Waals surface area contributed by atoms with Gasteiger partial charge in [-0.05, 0) is 60.2 Å². The van der Waals surface area contributed by atoms with Crippen LogP contribution in [0.15, 0.2) is 36.4 Å². The second-order valence-electron chi connectivity index (χ2n) is 5.12. The Kier molecular flexibility index (Phi) is 4.77. The highest BCUT2D eigenvalue weighted by molar-refractivity contribution is 9.09. The summed E-state index contributed by atoms with van der Waals surface area (Å²) in [5.41, 5.74) is 4.64. The summed E-state index contributed by atoms with van der Waals surface area (Å²) in [5, 5.41) is 0.894. The molecule has 0 aliphatic rings. The van der Waals surface area contributed by atoms with Crippen molar-refractivity contribution in [2.24, 2.45) is 0 Å². The van der Waals surface area contributed by atoms with E-state index < -0.39 is 11.7 Å². The number of hydrogen-bond donors (Lipinski definition) is 0. The van der Waals surface area contributed by atoms with Crippen LogP contribution in [-0.2, 0) is 12.6 Å². The van der Waals surface area contributed by atoms with Gasteiger partial charge < -0.3 is 0 Å². The predicted octanol–water partition coefficient (Wildman–Crippen LogP) is 5.93. The van der Waals surface area contributed by atoms with E-state index in [0.717, 1.165) is 46.1 Å².